The van der Waals surface area contributed by atoms with Crippen LogP contribution in [0.2, 0.25) is 0 Å². The van der Waals surface area contributed by atoms with Gasteiger partial charge in [-0.25, -0.2) is 0 Å². The smallest absolute Gasteiger partial charge is 0.253 e. The standard InChI is InChI=1S/C22H27N3O2/c1-17(26)19-8-10-21(11-9-19)24-12-14-25(15-13-24)22(27)20-6-4-18(5-7-20)16-23(2)3/h4-11H,12-16H2,1-3H3. The molecule has 27 heavy (non-hydrogen) atoms. The Morgan fingerprint density at radius 3 is 1.93 bits per heavy atom. The summed E-state index contributed by atoms with van der Waals surface area (Å²) in [6.07, 6.45) is 0. The van der Waals surface area contributed by atoms with Gasteiger partial charge in [-0.05, 0) is 63.0 Å². The summed E-state index contributed by atoms with van der Waals surface area (Å²) < 4.78 is 0. The lowest BCUT2D eigenvalue weighted by atomic mass is 10.1. The fourth-order valence-corrected chi connectivity index (χ4v) is 3.38. The van der Waals surface area contributed by atoms with Gasteiger partial charge < -0.3 is 14.7 Å². The molecule has 1 amide bonds. The molecule has 0 N–H and O–H groups in total. The van der Waals surface area contributed by atoms with Crippen molar-refractivity contribution in [2.45, 2.75) is 13.5 Å². The van der Waals surface area contributed by atoms with Gasteiger partial charge in [0.2, 0.25) is 0 Å². The summed E-state index contributed by atoms with van der Waals surface area (Å²) in [4.78, 5) is 30.4. The van der Waals surface area contributed by atoms with Crippen LogP contribution in [-0.2, 0) is 6.54 Å². The summed E-state index contributed by atoms with van der Waals surface area (Å²) >= 11 is 0. The summed E-state index contributed by atoms with van der Waals surface area (Å²) in [7, 11) is 4.07. The third kappa shape index (κ3) is 4.74. The number of rotatable bonds is 5. The highest BCUT2D eigenvalue weighted by atomic mass is 16.2. The lowest BCUT2D eigenvalue weighted by Gasteiger charge is -2.36. The highest BCUT2D eigenvalue weighted by Crippen LogP contribution is 2.19. The number of carbonyl (C=O) groups excluding carboxylic acids is 2. The largest absolute Gasteiger partial charge is 0.368 e. The summed E-state index contributed by atoms with van der Waals surface area (Å²) in [5.41, 5.74) is 3.78. The van der Waals surface area contributed by atoms with E-state index in [-0.39, 0.29) is 11.7 Å². The topological polar surface area (TPSA) is 43.9 Å². The lowest BCUT2D eigenvalue weighted by molar-refractivity contribution is 0.0746. The molecule has 2 aromatic rings. The monoisotopic (exact) mass is 365 g/mol. The van der Waals surface area contributed by atoms with Crippen molar-refractivity contribution in [3.8, 4) is 0 Å². The van der Waals surface area contributed by atoms with Gasteiger partial charge in [0.05, 0.1) is 0 Å². The molecule has 5 nitrogen and oxygen atoms in total. The summed E-state index contributed by atoms with van der Waals surface area (Å²) in [5, 5.41) is 0. The Morgan fingerprint density at radius 1 is 0.852 bits per heavy atom. The summed E-state index contributed by atoms with van der Waals surface area (Å²) in [6.45, 7) is 5.44. The summed E-state index contributed by atoms with van der Waals surface area (Å²) in [5.74, 6) is 0.173. The quantitative estimate of drug-likeness (QED) is 0.764. The molecule has 0 aliphatic carbocycles. The van der Waals surface area contributed by atoms with E-state index in [0.29, 0.717) is 13.1 Å². The van der Waals surface area contributed by atoms with Gasteiger partial charge in [0.15, 0.2) is 5.78 Å². The van der Waals surface area contributed by atoms with E-state index < -0.39 is 0 Å². The van der Waals surface area contributed by atoms with E-state index in [9.17, 15) is 9.59 Å². The van der Waals surface area contributed by atoms with E-state index in [1.165, 1.54) is 5.56 Å². The first kappa shape index (κ1) is 19.1. The second kappa shape index (κ2) is 8.35. The molecule has 0 bridgehead atoms. The molecule has 5 heteroatoms. The van der Waals surface area contributed by atoms with Crippen LogP contribution >= 0.6 is 0 Å². The van der Waals surface area contributed by atoms with E-state index in [0.717, 1.165) is 36.4 Å². The van der Waals surface area contributed by atoms with Gasteiger partial charge in [0.1, 0.15) is 0 Å². The Balaban J connectivity index is 1.58. The molecule has 0 atom stereocenters. The van der Waals surface area contributed by atoms with Crippen LogP contribution in [0, 0.1) is 0 Å². The van der Waals surface area contributed by atoms with E-state index >= 15 is 0 Å². The number of hydrogen-bond acceptors (Lipinski definition) is 4. The highest BCUT2D eigenvalue weighted by molar-refractivity contribution is 5.95. The van der Waals surface area contributed by atoms with Crippen LogP contribution in [0.15, 0.2) is 48.5 Å². The number of benzene rings is 2. The van der Waals surface area contributed by atoms with Crippen molar-refractivity contribution in [2.75, 3.05) is 45.2 Å². The van der Waals surface area contributed by atoms with Crippen molar-refractivity contribution >= 4 is 17.4 Å². The number of hydrogen-bond donors (Lipinski definition) is 0. The Hall–Kier alpha value is -2.66. The molecule has 1 aliphatic rings. The number of ketones is 1. The predicted octanol–water partition coefficient (Wildman–Crippen LogP) is 2.91. The molecule has 0 unspecified atom stereocenters. The number of amides is 1. The second-order valence-electron chi connectivity index (χ2n) is 7.32. The van der Waals surface area contributed by atoms with Gasteiger partial charge in [-0.1, -0.05) is 12.1 Å². The zero-order valence-corrected chi connectivity index (χ0v) is 16.3. The molecule has 0 spiro atoms. The fraction of sp³-hybridized carbons (Fsp3) is 0.364. The van der Waals surface area contributed by atoms with Crippen LogP contribution in [0.1, 0.15) is 33.2 Å². The average molecular weight is 365 g/mol. The SMILES string of the molecule is CC(=O)c1ccc(N2CCN(C(=O)c3ccc(CN(C)C)cc3)CC2)cc1. The minimum Gasteiger partial charge on any atom is -0.368 e. The van der Waals surface area contributed by atoms with Crippen molar-refractivity contribution in [1.29, 1.82) is 0 Å². The molecule has 0 radical (unpaired) electrons. The number of carbonyl (C=O) groups is 2. The molecule has 2 aromatic carbocycles. The molecule has 3 rings (SSSR count). The minimum absolute atomic E-state index is 0.0774. The molecule has 142 valence electrons. The Labute approximate surface area is 161 Å². The number of Topliss-reactive ketones (excluding diaryl/α,β-unsaturated/α-hetero) is 1. The van der Waals surface area contributed by atoms with Crippen molar-refractivity contribution in [3.63, 3.8) is 0 Å². The number of anilines is 1. The zero-order valence-electron chi connectivity index (χ0n) is 16.3. The maximum absolute atomic E-state index is 12.8. The van der Waals surface area contributed by atoms with Gasteiger partial charge in [-0.15, -0.1) is 0 Å². The Kier molecular flexibility index (Phi) is 5.91. The molecule has 1 heterocycles. The zero-order chi connectivity index (χ0) is 19.4. The maximum Gasteiger partial charge on any atom is 0.253 e. The molecular weight excluding hydrogens is 338 g/mol. The first-order valence-electron chi connectivity index (χ1n) is 9.33. The van der Waals surface area contributed by atoms with Crippen molar-refractivity contribution in [1.82, 2.24) is 9.80 Å². The van der Waals surface area contributed by atoms with Gasteiger partial charge in [-0.3, -0.25) is 9.59 Å². The number of piperazine rings is 1. The third-order valence-corrected chi connectivity index (χ3v) is 4.91. The number of nitrogens with zero attached hydrogens (tertiary/aromatic N) is 3. The fourth-order valence-electron chi connectivity index (χ4n) is 3.38. The van der Waals surface area contributed by atoms with Gasteiger partial charge in [-0.2, -0.15) is 0 Å². The molecular formula is C22H27N3O2. The Bertz CT molecular complexity index is 789. The average Bonchev–Trinajstić information content (AvgIpc) is 2.68. The first-order valence-corrected chi connectivity index (χ1v) is 9.33. The van der Waals surface area contributed by atoms with Crippen LogP contribution in [-0.4, -0.2) is 61.8 Å². The predicted molar refractivity (Wildman–Crippen MR) is 108 cm³/mol. The van der Waals surface area contributed by atoms with Crippen molar-refractivity contribution in [3.05, 3.63) is 65.2 Å². The molecule has 1 saturated heterocycles. The molecule has 0 saturated carbocycles. The minimum atomic E-state index is 0.0774. The van der Waals surface area contributed by atoms with Crippen molar-refractivity contribution in [2.24, 2.45) is 0 Å². The van der Waals surface area contributed by atoms with Crippen LogP contribution in [0.5, 0.6) is 0 Å². The van der Waals surface area contributed by atoms with Crippen LogP contribution in [0.4, 0.5) is 5.69 Å². The maximum atomic E-state index is 12.8. The van der Waals surface area contributed by atoms with E-state index in [1.807, 2.05) is 67.5 Å². The molecule has 1 fully saturated rings. The van der Waals surface area contributed by atoms with E-state index in [4.69, 9.17) is 0 Å². The van der Waals surface area contributed by atoms with E-state index in [1.54, 1.807) is 6.92 Å². The van der Waals surface area contributed by atoms with Crippen LogP contribution < -0.4 is 4.90 Å². The van der Waals surface area contributed by atoms with Crippen molar-refractivity contribution < 1.29 is 9.59 Å². The van der Waals surface area contributed by atoms with Gasteiger partial charge >= 0.3 is 0 Å². The second-order valence-corrected chi connectivity index (χ2v) is 7.32. The van der Waals surface area contributed by atoms with Gasteiger partial charge in [0.25, 0.3) is 5.91 Å². The summed E-state index contributed by atoms with van der Waals surface area (Å²) in [6, 6.07) is 15.6. The van der Waals surface area contributed by atoms with E-state index in [2.05, 4.69) is 9.80 Å². The molecule has 1 aliphatic heterocycles. The van der Waals surface area contributed by atoms with Crippen LogP contribution in [0.25, 0.3) is 0 Å². The van der Waals surface area contributed by atoms with Gasteiger partial charge in [0, 0.05) is 49.5 Å². The highest BCUT2D eigenvalue weighted by Gasteiger charge is 2.22. The molecule has 0 aromatic heterocycles. The third-order valence-electron chi connectivity index (χ3n) is 4.91. The Morgan fingerprint density at radius 2 is 1.41 bits per heavy atom. The normalized spacial score (nSPS) is 14.5. The first-order chi connectivity index (χ1) is 12.9. The van der Waals surface area contributed by atoms with Crippen LogP contribution in [0.3, 0.4) is 0 Å². The lowest BCUT2D eigenvalue weighted by Crippen LogP contribution is -2.48.